The van der Waals surface area contributed by atoms with Gasteiger partial charge in [0.2, 0.25) is 0 Å². The molecule has 0 spiro atoms. The summed E-state index contributed by atoms with van der Waals surface area (Å²) in [4.78, 5) is 29.7. The van der Waals surface area contributed by atoms with Gasteiger partial charge in [-0.25, -0.2) is 9.59 Å². The van der Waals surface area contributed by atoms with Gasteiger partial charge in [-0.3, -0.25) is 0 Å². The summed E-state index contributed by atoms with van der Waals surface area (Å²) in [5.41, 5.74) is 0.789. The minimum Gasteiger partial charge on any atom is -0.462 e. The first kappa shape index (κ1) is 36.1. The second-order valence-electron chi connectivity index (χ2n) is 11.4. The van der Waals surface area contributed by atoms with Crippen LogP contribution in [0.1, 0.15) is 137 Å². The lowest BCUT2D eigenvalue weighted by Crippen LogP contribution is -2.21. The molecule has 0 aliphatic rings. The number of unbranched alkanes of at least 4 members (excludes halogenated alkanes) is 12. The van der Waals surface area contributed by atoms with Crippen LogP contribution in [0.25, 0.3) is 0 Å². The monoisotopic (exact) mass is 560 g/mol. The molecule has 1 aromatic carbocycles. The van der Waals surface area contributed by atoms with Gasteiger partial charge in [0.1, 0.15) is 0 Å². The van der Waals surface area contributed by atoms with Crippen molar-refractivity contribution in [1.82, 2.24) is 9.80 Å². The lowest BCUT2D eigenvalue weighted by atomic mass is 10.1. The third kappa shape index (κ3) is 19.2. The molecule has 0 saturated heterocycles. The predicted molar refractivity (Wildman–Crippen MR) is 167 cm³/mol. The third-order valence-electron chi connectivity index (χ3n) is 7.46. The molecule has 0 atom stereocenters. The van der Waals surface area contributed by atoms with Crippen molar-refractivity contribution in [1.29, 1.82) is 0 Å². The van der Waals surface area contributed by atoms with Crippen LogP contribution in [0.15, 0.2) is 24.3 Å². The topological polar surface area (TPSA) is 59.1 Å². The van der Waals surface area contributed by atoms with E-state index < -0.39 is 0 Å². The fourth-order valence-electron chi connectivity index (χ4n) is 4.78. The van der Waals surface area contributed by atoms with Crippen molar-refractivity contribution in [3.8, 4) is 0 Å². The van der Waals surface area contributed by atoms with Gasteiger partial charge in [0.15, 0.2) is 0 Å². The average Bonchev–Trinajstić information content (AvgIpc) is 2.96. The number of hydrogen-bond donors (Lipinski definition) is 0. The molecule has 0 saturated carbocycles. The Kier molecular flexibility index (Phi) is 22.4. The predicted octanol–water partition coefficient (Wildman–Crippen LogP) is 8.15. The van der Waals surface area contributed by atoms with Crippen LogP contribution >= 0.6 is 0 Å². The van der Waals surface area contributed by atoms with Gasteiger partial charge in [-0.2, -0.15) is 0 Å². The zero-order valence-corrected chi connectivity index (χ0v) is 26.4. The summed E-state index contributed by atoms with van der Waals surface area (Å²) in [6, 6.07) is 6.66. The van der Waals surface area contributed by atoms with Gasteiger partial charge in [0.05, 0.1) is 24.3 Å². The lowest BCUT2D eigenvalue weighted by Gasteiger charge is -2.16. The normalized spacial score (nSPS) is 11.3. The highest BCUT2D eigenvalue weighted by molar-refractivity contribution is 5.95. The molecule has 6 heteroatoms. The van der Waals surface area contributed by atoms with E-state index in [-0.39, 0.29) is 11.9 Å². The zero-order chi connectivity index (χ0) is 29.3. The van der Waals surface area contributed by atoms with Gasteiger partial charge in [0.25, 0.3) is 0 Å². The van der Waals surface area contributed by atoms with E-state index in [4.69, 9.17) is 9.47 Å². The SMILES string of the molecule is CCCCCCCCN(C)CCCCOC(=O)c1cccc(C(=O)OCCCCN(C)CCCCCCCC)c1. The largest absolute Gasteiger partial charge is 0.462 e. The Balaban J connectivity index is 2.15. The number of benzene rings is 1. The van der Waals surface area contributed by atoms with Crippen LogP contribution in [0.4, 0.5) is 0 Å². The highest BCUT2D eigenvalue weighted by Crippen LogP contribution is 2.11. The second-order valence-corrected chi connectivity index (χ2v) is 11.4. The highest BCUT2D eigenvalue weighted by Gasteiger charge is 2.13. The molecule has 6 nitrogen and oxygen atoms in total. The minimum absolute atomic E-state index is 0.386. The van der Waals surface area contributed by atoms with Crippen LogP contribution < -0.4 is 0 Å². The van der Waals surface area contributed by atoms with E-state index in [2.05, 4.69) is 37.7 Å². The van der Waals surface area contributed by atoms with E-state index in [1.165, 1.54) is 77.0 Å². The summed E-state index contributed by atoms with van der Waals surface area (Å²) in [6.45, 7) is 9.58. The van der Waals surface area contributed by atoms with E-state index in [0.717, 1.165) is 51.9 Å². The summed E-state index contributed by atoms with van der Waals surface area (Å²) in [6.07, 6.45) is 19.5. The molecule has 1 aromatic rings. The maximum absolute atomic E-state index is 12.5. The third-order valence-corrected chi connectivity index (χ3v) is 7.46. The number of carbonyl (C=O) groups excluding carboxylic acids is 2. The maximum Gasteiger partial charge on any atom is 0.338 e. The van der Waals surface area contributed by atoms with Gasteiger partial charge >= 0.3 is 11.9 Å². The van der Waals surface area contributed by atoms with Gasteiger partial charge in [-0.1, -0.05) is 84.1 Å². The number of rotatable bonds is 26. The number of carbonyl (C=O) groups is 2. The molecule has 0 unspecified atom stereocenters. The van der Waals surface area contributed by atoms with E-state index in [1.54, 1.807) is 24.3 Å². The Hall–Kier alpha value is -1.92. The molecule has 0 radical (unpaired) electrons. The van der Waals surface area contributed by atoms with Crippen molar-refractivity contribution >= 4 is 11.9 Å². The Morgan fingerprint density at radius 3 is 1.30 bits per heavy atom. The molecule has 0 aliphatic heterocycles. The smallest absolute Gasteiger partial charge is 0.338 e. The van der Waals surface area contributed by atoms with Crippen molar-refractivity contribution < 1.29 is 19.1 Å². The van der Waals surface area contributed by atoms with Gasteiger partial charge in [-0.15, -0.1) is 0 Å². The first-order chi connectivity index (χ1) is 19.5. The number of nitrogens with zero attached hydrogens (tertiary/aromatic N) is 2. The molecule has 0 aromatic heterocycles. The number of ether oxygens (including phenoxy) is 2. The van der Waals surface area contributed by atoms with E-state index in [1.807, 2.05) is 0 Å². The summed E-state index contributed by atoms with van der Waals surface area (Å²) in [5, 5.41) is 0. The number of esters is 2. The second kappa shape index (κ2) is 24.8. The fourth-order valence-corrected chi connectivity index (χ4v) is 4.78. The first-order valence-corrected chi connectivity index (χ1v) is 16.3. The van der Waals surface area contributed by atoms with Crippen molar-refractivity contribution in [3.63, 3.8) is 0 Å². The molecule has 0 N–H and O–H groups in total. The first-order valence-electron chi connectivity index (χ1n) is 16.3. The van der Waals surface area contributed by atoms with Gasteiger partial charge < -0.3 is 19.3 Å². The Bertz CT molecular complexity index is 711. The van der Waals surface area contributed by atoms with Gasteiger partial charge in [0, 0.05) is 0 Å². The molecular formula is C34H60N2O4. The van der Waals surface area contributed by atoms with Crippen LogP contribution in [0, 0.1) is 0 Å². The molecule has 1 rings (SSSR count). The van der Waals surface area contributed by atoms with Crippen LogP contribution in [0.5, 0.6) is 0 Å². The van der Waals surface area contributed by atoms with Crippen molar-refractivity contribution in [2.75, 3.05) is 53.5 Å². The van der Waals surface area contributed by atoms with Crippen LogP contribution in [-0.4, -0.2) is 75.2 Å². The molecule has 0 amide bonds. The minimum atomic E-state index is -0.386. The highest BCUT2D eigenvalue weighted by atomic mass is 16.5. The van der Waals surface area contributed by atoms with Gasteiger partial charge in [-0.05, 0) is 97.0 Å². The van der Waals surface area contributed by atoms with E-state index >= 15 is 0 Å². The standard InChI is InChI=1S/C34H60N2O4/c1-5-7-9-11-13-15-24-35(3)26-17-19-28-39-33(37)31-22-21-23-32(30-31)34(38)40-29-20-18-27-36(4)25-16-14-12-10-8-6-2/h21-23,30H,5-20,24-29H2,1-4H3. The molecule has 230 valence electrons. The van der Waals surface area contributed by atoms with Crippen LogP contribution in [-0.2, 0) is 9.47 Å². The molecule has 0 bridgehead atoms. The summed E-state index contributed by atoms with van der Waals surface area (Å²) < 4.78 is 10.9. The van der Waals surface area contributed by atoms with E-state index in [9.17, 15) is 9.59 Å². The lowest BCUT2D eigenvalue weighted by molar-refractivity contribution is 0.0494. The molecule has 40 heavy (non-hydrogen) atoms. The summed E-state index contributed by atoms with van der Waals surface area (Å²) in [5.74, 6) is -0.771. The molecule has 0 aliphatic carbocycles. The number of hydrogen-bond acceptors (Lipinski definition) is 6. The zero-order valence-electron chi connectivity index (χ0n) is 26.4. The van der Waals surface area contributed by atoms with Crippen molar-refractivity contribution in [2.45, 2.75) is 117 Å². The maximum atomic E-state index is 12.5. The quantitative estimate of drug-likeness (QED) is 0.0842. The van der Waals surface area contributed by atoms with Crippen LogP contribution in [0.3, 0.4) is 0 Å². The summed E-state index contributed by atoms with van der Waals surface area (Å²) >= 11 is 0. The Labute approximate surface area is 246 Å². The Morgan fingerprint density at radius 2 is 0.900 bits per heavy atom. The fraction of sp³-hybridized carbons (Fsp3) is 0.765. The van der Waals surface area contributed by atoms with E-state index in [0.29, 0.717) is 24.3 Å². The van der Waals surface area contributed by atoms with Crippen molar-refractivity contribution in [3.05, 3.63) is 35.4 Å². The Morgan fingerprint density at radius 1 is 0.550 bits per heavy atom. The molecule has 0 fully saturated rings. The average molecular weight is 561 g/mol. The van der Waals surface area contributed by atoms with Crippen LogP contribution in [0.2, 0.25) is 0 Å². The molecular weight excluding hydrogens is 500 g/mol. The van der Waals surface area contributed by atoms with Crippen molar-refractivity contribution in [2.24, 2.45) is 0 Å². The molecule has 0 heterocycles. The summed E-state index contributed by atoms with van der Waals surface area (Å²) in [7, 11) is 4.33.